The highest BCUT2D eigenvalue weighted by molar-refractivity contribution is 5.96. The predicted octanol–water partition coefficient (Wildman–Crippen LogP) is -6.66. The molecule has 23 heteroatoms. The van der Waals surface area contributed by atoms with Gasteiger partial charge in [-0.2, -0.15) is 0 Å². The number of nitrogens with zero attached hydrogens (tertiary/aromatic N) is 2. The maximum Gasteiger partial charge on any atom is 0.326 e. The van der Waals surface area contributed by atoms with Crippen molar-refractivity contribution in [2.45, 2.75) is 101 Å². The molecule has 0 radical (unpaired) electrons. The number of aliphatic imine (C=N–C) groups is 2. The molecule has 21 N–H and O–H groups in total. The smallest absolute Gasteiger partial charge is 0.326 e. The molecule has 0 aromatic carbocycles. The molecule has 0 aliphatic carbocycles. The van der Waals surface area contributed by atoms with Crippen LogP contribution < -0.4 is 66.7 Å². The maximum atomic E-state index is 13.2. The molecule has 0 saturated heterocycles. The fourth-order valence-electron chi connectivity index (χ4n) is 4.42. The summed E-state index contributed by atoms with van der Waals surface area (Å²) < 4.78 is 0. The number of carbonyl (C=O) groups excluding carboxylic acids is 6. The van der Waals surface area contributed by atoms with E-state index < -0.39 is 84.3 Å². The van der Waals surface area contributed by atoms with Crippen LogP contribution in [0.15, 0.2) is 9.98 Å². The Morgan fingerprint density at radius 1 is 0.596 bits per heavy atom. The molecule has 6 amide bonds. The van der Waals surface area contributed by atoms with Crippen molar-refractivity contribution < 1.29 is 43.8 Å². The van der Waals surface area contributed by atoms with Crippen LogP contribution in [0.3, 0.4) is 0 Å². The highest BCUT2D eigenvalue weighted by Crippen LogP contribution is 2.06. The second-order valence-electron chi connectivity index (χ2n) is 11.8. The van der Waals surface area contributed by atoms with E-state index in [1.54, 1.807) is 0 Å². The average molecular weight is 745 g/mol. The molecule has 0 aromatic heterocycles. The minimum Gasteiger partial charge on any atom is -0.480 e. The SMILES string of the molecule is C[C@H](NC(=O)[C@H](CCCN=C(N)N)NC(=O)[C@@H](N)CCCN=C(N)N)C(=O)N[C@@H](CO)C(=O)N[C@@H](CCCCN)C(=O)N[C@@H](CCC(N)=O)C(=O)O. The van der Waals surface area contributed by atoms with E-state index in [2.05, 4.69) is 36.6 Å². The van der Waals surface area contributed by atoms with Crippen LogP contribution in [0.4, 0.5) is 0 Å². The van der Waals surface area contributed by atoms with Crippen LogP contribution in [0.2, 0.25) is 0 Å². The quantitative estimate of drug-likeness (QED) is 0.0211. The van der Waals surface area contributed by atoms with Gasteiger partial charge in [-0.3, -0.25) is 38.8 Å². The first-order valence-electron chi connectivity index (χ1n) is 16.6. The number of amides is 6. The second-order valence-corrected chi connectivity index (χ2v) is 11.8. The number of rotatable bonds is 27. The number of primary amides is 1. The van der Waals surface area contributed by atoms with Gasteiger partial charge in [0.05, 0.1) is 12.6 Å². The Bertz CT molecular complexity index is 1260. The van der Waals surface area contributed by atoms with Crippen LogP contribution in [0.5, 0.6) is 0 Å². The molecule has 52 heavy (non-hydrogen) atoms. The van der Waals surface area contributed by atoms with Crippen LogP contribution in [0.25, 0.3) is 0 Å². The van der Waals surface area contributed by atoms with Gasteiger partial charge in [0.15, 0.2) is 11.9 Å². The van der Waals surface area contributed by atoms with Crippen LogP contribution in [0.1, 0.15) is 64.7 Å². The van der Waals surface area contributed by atoms with Crippen molar-refractivity contribution in [3.05, 3.63) is 0 Å². The number of carboxylic acids is 1. The van der Waals surface area contributed by atoms with Gasteiger partial charge in [0.1, 0.15) is 30.2 Å². The summed E-state index contributed by atoms with van der Waals surface area (Å²) in [6, 6.07) is -7.89. The summed E-state index contributed by atoms with van der Waals surface area (Å²) in [6.07, 6.45) is 1.07. The summed E-state index contributed by atoms with van der Waals surface area (Å²) in [5.41, 5.74) is 37.8. The van der Waals surface area contributed by atoms with Gasteiger partial charge < -0.3 is 76.9 Å². The van der Waals surface area contributed by atoms with Gasteiger partial charge in [-0.15, -0.1) is 0 Å². The first kappa shape index (κ1) is 46.7. The van der Waals surface area contributed by atoms with Crippen LogP contribution in [-0.2, 0) is 33.6 Å². The number of aliphatic carboxylic acids is 1. The van der Waals surface area contributed by atoms with E-state index in [4.69, 9.17) is 40.1 Å². The third kappa shape index (κ3) is 20.4. The highest BCUT2D eigenvalue weighted by atomic mass is 16.4. The van der Waals surface area contributed by atoms with Gasteiger partial charge in [-0.05, 0) is 64.8 Å². The van der Waals surface area contributed by atoms with Gasteiger partial charge in [0.25, 0.3) is 0 Å². The van der Waals surface area contributed by atoms with Gasteiger partial charge in [-0.25, -0.2) is 4.79 Å². The Hall–Kier alpha value is -5.29. The third-order valence-electron chi connectivity index (χ3n) is 7.32. The van der Waals surface area contributed by atoms with E-state index in [9.17, 15) is 43.8 Å². The van der Waals surface area contributed by atoms with Crippen molar-refractivity contribution in [2.75, 3.05) is 26.2 Å². The molecular formula is C29H56N14O9. The molecule has 0 aliphatic rings. The number of nitrogens with one attached hydrogen (secondary N) is 5. The fraction of sp³-hybridized carbons (Fsp3) is 0.690. The number of aliphatic hydroxyl groups excluding tert-OH is 1. The first-order chi connectivity index (χ1) is 24.4. The Balaban J connectivity index is 5.64. The van der Waals surface area contributed by atoms with Gasteiger partial charge >= 0.3 is 5.97 Å². The lowest BCUT2D eigenvalue weighted by Crippen LogP contribution is -2.59. The van der Waals surface area contributed by atoms with Gasteiger partial charge in [0, 0.05) is 19.5 Å². The lowest BCUT2D eigenvalue weighted by Gasteiger charge is -2.25. The molecule has 0 spiro atoms. The Kier molecular flexibility index (Phi) is 23.0. The number of guanidine groups is 2. The summed E-state index contributed by atoms with van der Waals surface area (Å²) in [7, 11) is 0. The number of carboxylic acid groups (broad SMARTS) is 1. The zero-order valence-electron chi connectivity index (χ0n) is 29.3. The van der Waals surface area contributed by atoms with Gasteiger partial charge in [-0.1, -0.05) is 0 Å². The Labute approximate surface area is 301 Å². The molecule has 0 bridgehead atoms. The lowest BCUT2D eigenvalue weighted by molar-refractivity contribution is -0.142. The monoisotopic (exact) mass is 744 g/mol. The fourth-order valence-corrected chi connectivity index (χ4v) is 4.42. The second kappa shape index (κ2) is 25.6. The minimum absolute atomic E-state index is 0.0195. The minimum atomic E-state index is -1.60. The summed E-state index contributed by atoms with van der Waals surface area (Å²) in [6.45, 7) is 0.999. The molecule has 0 heterocycles. The highest BCUT2D eigenvalue weighted by Gasteiger charge is 2.31. The molecular weight excluding hydrogens is 688 g/mol. The lowest BCUT2D eigenvalue weighted by atomic mass is 10.1. The molecule has 0 rings (SSSR count). The molecule has 0 aromatic rings. The van der Waals surface area contributed by atoms with Crippen molar-refractivity contribution >= 4 is 53.3 Å². The number of hydrogen-bond acceptors (Lipinski definition) is 12. The summed E-state index contributed by atoms with van der Waals surface area (Å²) >= 11 is 0. The largest absolute Gasteiger partial charge is 0.480 e. The van der Waals surface area contributed by atoms with E-state index in [0.29, 0.717) is 19.3 Å². The zero-order chi connectivity index (χ0) is 39.8. The van der Waals surface area contributed by atoms with E-state index in [0.717, 1.165) is 0 Å². The normalized spacial score (nSPS) is 14.2. The predicted molar refractivity (Wildman–Crippen MR) is 189 cm³/mol. The molecule has 23 nitrogen and oxygen atoms in total. The van der Waals surface area contributed by atoms with Crippen molar-refractivity contribution in [2.24, 2.45) is 50.1 Å². The van der Waals surface area contributed by atoms with Crippen molar-refractivity contribution in [1.82, 2.24) is 26.6 Å². The first-order valence-corrected chi connectivity index (χ1v) is 16.6. The Morgan fingerprint density at radius 2 is 1.06 bits per heavy atom. The topological polar surface area (TPSA) is 427 Å². The van der Waals surface area contributed by atoms with E-state index in [-0.39, 0.29) is 70.1 Å². The van der Waals surface area contributed by atoms with E-state index in [1.165, 1.54) is 6.92 Å². The zero-order valence-corrected chi connectivity index (χ0v) is 29.3. The number of nitrogens with two attached hydrogens (primary N) is 7. The molecule has 0 unspecified atom stereocenters. The molecule has 0 fully saturated rings. The van der Waals surface area contributed by atoms with Crippen molar-refractivity contribution in [3.8, 4) is 0 Å². The number of unbranched alkanes of at least 4 members (excludes halogenated alkanes) is 1. The standard InChI is InChI=1S/C29H56N14O9/c1-15(39-24(48)18(8-5-13-38-29(35)36)40-23(47)16(31)6-4-12-37-28(33)34)22(46)43-20(14-44)26(50)41-17(7-2-3-11-30)25(49)42-19(27(51)52)9-10-21(32)45/h15-20,44H,2-14,30-31H2,1H3,(H2,32,45)(H,39,48)(H,40,47)(H,41,50)(H,42,49)(H,43,46)(H,51,52)(H4,33,34,37)(H4,35,36,38)/t15-,16-,17-,18-,19-,20-/m0/s1. The summed E-state index contributed by atoms with van der Waals surface area (Å²) in [5, 5.41) is 31.3. The third-order valence-corrected chi connectivity index (χ3v) is 7.32. The van der Waals surface area contributed by atoms with Crippen molar-refractivity contribution in [3.63, 3.8) is 0 Å². The average Bonchev–Trinajstić information content (AvgIpc) is 3.07. The Morgan fingerprint density at radius 3 is 1.56 bits per heavy atom. The maximum absolute atomic E-state index is 13.2. The number of aliphatic hydroxyl groups is 1. The summed E-state index contributed by atoms with van der Waals surface area (Å²) in [5.74, 6) is -6.74. The van der Waals surface area contributed by atoms with E-state index in [1.807, 2.05) is 0 Å². The number of hydrogen-bond donors (Lipinski definition) is 14. The van der Waals surface area contributed by atoms with Crippen molar-refractivity contribution in [1.29, 1.82) is 0 Å². The number of carbonyl (C=O) groups is 7. The van der Waals surface area contributed by atoms with Crippen LogP contribution in [-0.4, -0.2) is 126 Å². The molecule has 0 aliphatic heterocycles. The summed E-state index contributed by atoms with van der Waals surface area (Å²) in [4.78, 5) is 95.5. The molecule has 296 valence electrons. The van der Waals surface area contributed by atoms with Gasteiger partial charge in [0.2, 0.25) is 35.4 Å². The molecule has 0 saturated carbocycles. The van der Waals surface area contributed by atoms with Crippen LogP contribution >= 0.6 is 0 Å². The van der Waals surface area contributed by atoms with Crippen LogP contribution in [0, 0.1) is 0 Å². The van der Waals surface area contributed by atoms with E-state index >= 15 is 0 Å². The molecule has 6 atom stereocenters.